The molecule has 2 aliphatic heterocycles. The molecule has 2 heterocycles. The van der Waals surface area contributed by atoms with Gasteiger partial charge in [-0.1, -0.05) is 0 Å². The highest BCUT2D eigenvalue weighted by Crippen LogP contribution is 2.39. The number of halogens is 1. The average molecular weight is 355 g/mol. The molecule has 1 aromatic carbocycles. The van der Waals surface area contributed by atoms with Crippen molar-refractivity contribution in [3.8, 4) is 11.5 Å². The molecule has 114 valence electrons. The summed E-state index contributed by atoms with van der Waals surface area (Å²) in [4.78, 5) is 15.9. The molecule has 1 amide bonds. The lowest BCUT2D eigenvalue weighted by Crippen LogP contribution is -2.39. The van der Waals surface area contributed by atoms with Crippen LogP contribution in [0.3, 0.4) is 0 Å². The molecule has 0 radical (unpaired) electrons. The Hall–Kier alpha value is -1.43. The molecule has 5 nitrogen and oxygen atoms in total. The number of anilines is 1. The van der Waals surface area contributed by atoms with Crippen LogP contribution in [0.1, 0.15) is 12.8 Å². The van der Waals surface area contributed by atoms with Gasteiger partial charge in [0, 0.05) is 38.2 Å². The first kappa shape index (κ1) is 14.5. The standard InChI is InChI=1S/C15H19BrN2O3/c1-20-13-10-12-14(9-11(13)16)21-8-7-17(12)5-6-18-4-2-3-15(18)19/h9-10H,2-8H2,1H3. The molecule has 6 heteroatoms. The zero-order valence-corrected chi connectivity index (χ0v) is 13.7. The molecule has 0 bridgehead atoms. The van der Waals surface area contributed by atoms with E-state index < -0.39 is 0 Å². The van der Waals surface area contributed by atoms with E-state index in [1.807, 2.05) is 17.0 Å². The molecule has 0 spiro atoms. The van der Waals surface area contributed by atoms with E-state index in [1.54, 1.807) is 7.11 Å². The van der Waals surface area contributed by atoms with Gasteiger partial charge in [-0.05, 0) is 22.4 Å². The van der Waals surface area contributed by atoms with E-state index in [4.69, 9.17) is 9.47 Å². The fourth-order valence-corrected chi connectivity index (χ4v) is 3.33. The van der Waals surface area contributed by atoms with Crippen molar-refractivity contribution in [2.24, 2.45) is 0 Å². The quantitative estimate of drug-likeness (QED) is 0.831. The number of rotatable bonds is 4. The van der Waals surface area contributed by atoms with Gasteiger partial charge in [0.2, 0.25) is 5.91 Å². The maximum Gasteiger partial charge on any atom is 0.222 e. The van der Waals surface area contributed by atoms with Gasteiger partial charge in [0.25, 0.3) is 0 Å². The number of methoxy groups -OCH3 is 1. The van der Waals surface area contributed by atoms with Crippen molar-refractivity contribution in [2.75, 3.05) is 44.8 Å². The fourth-order valence-electron chi connectivity index (χ4n) is 2.84. The van der Waals surface area contributed by atoms with E-state index in [9.17, 15) is 4.79 Å². The topological polar surface area (TPSA) is 42.0 Å². The molecule has 1 saturated heterocycles. The van der Waals surface area contributed by atoms with Gasteiger partial charge in [-0.2, -0.15) is 0 Å². The Kier molecular flexibility index (Phi) is 4.24. The van der Waals surface area contributed by atoms with Crippen molar-refractivity contribution in [3.63, 3.8) is 0 Å². The molecule has 3 rings (SSSR count). The summed E-state index contributed by atoms with van der Waals surface area (Å²) in [5.74, 6) is 1.93. The van der Waals surface area contributed by atoms with E-state index in [2.05, 4.69) is 20.8 Å². The predicted molar refractivity (Wildman–Crippen MR) is 84.2 cm³/mol. The lowest BCUT2D eigenvalue weighted by molar-refractivity contribution is -0.127. The summed E-state index contributed by atoms with van der Waals surface area (Å²) in [6, 6.07) is 3.94. The number of hydrogen-bond acceptors (Lipinski definition) is 4. The number of carbonyl (C=O) groups excluding carboxylic acids is 1. The van der Waals surface area contributed by atoms with Gasteiger partial charge in [-0.25, -0.2) is 0 Å². The van der Waals surface area contributed by atoms with Crippen molar-refractivity contribution >= 4 is 27.5 Å². The average Bonchev–Trinajstić information content (AvgIpc) is 2.89. The summed E-state index contributed by atoms with van der Waals surface area (Å²) in [6.07, 6.45) is 1.68. The first-order valence-corrected chi connectivity index (χ1v) is 8.01. The molecule has 0 atom stereocenters. The molecule has 2 aliphatic rings. The third-order valence-corrected chi connectivity index (χ3v) is 4.62. The Labute approximate surface area is 132 Å². The highest BCUT2D eigenvalue weighted by Gasteiger charge is 2.24. The predicted octanol–water partition coefficient (Wildman–Crippen LogP) is 2.28. The van der Waals surface area contributed by atoms with Crippen LogP contribution < -0.4 is 14.4 Å². The fraction of sp³-hybridized carbons (Fsp3) is 0.533. The van der Waals surface area contributed by atoms with E-state index in [-0.39, 0.29) is 5.91 Å². The van der Waals surface area contributed by atoms with Crippen molar-refractivity contribution in [1.82, 2.24) is 4.90 Å². The first-order valence-electron chi connectivity index (χ1n) is 7.22. The summed E-state index contributed by atoms with van der Waals surface area (Å²) >= 11 is 3.48. The minimum Gasteiger partial charge on any atom is -0.495 e. The number of carbonyl (C=O) groups is 1. The molecule has 21 heavy (non-hydrogen) atoms. The molecule has 0 unspecified atom stereocenters. The van der Waals surface area contributed by atoms with Crippen LogP contribution >= 0.6 is 15.9 Å². The summed E-state index contributed by atoms with van der Waals surface area (Å²) < 4.78 is 12.0. The van der Waals surface area contributed by atoms with Gasteiger partial charge in [-0.15, -0.1) is 0 Å². The SMILES string of the molecule is COc1cc2c(cc1Br)OCCN2CCN1CCCC1=O. The van der Waals surface area contributed by atoms with Crippen LogP contribution in [-0.4, -0.2) is 50.7 Å². The second-order valence-corrected chi connectivity index (χ2v) is 6.13. The van der Waals surface area contributed by atoms with Gasteiger partial charge in [0.1, 0.15) is 18.1 Å². The van der Waals surface area contributed by atoms with Crippen molar-refractivity contribution in [2.45, 2.75) is 12.8 Å². The van der Waals surface area contributed by atoms with E-state index in [1.165, 1.54) is 0 Å². The van der Waals surface area contributed by atoms with Gasteiger partial charge < -0.3 is 19.3 Å². The Morgan fingerprint density at radius 2 is 2.10 bits per heavy atom. The number of ether oxygens (including phenoxy) is 2. The maximum atomic E-state index is 11.7. The van der Waals surface area contributed by atoms with Crippen molar-refractivity contribution < 1.29 is 14.3 Å². The monoisotopic (exact) mass is 354 g/mol. The van der Waals surface area contributed by atoms with Gasteiger partial charge in [-0.3, -0.25) is 4.79 Å². The summed E-state index contributed by atoms with van der Waals surface area (Å²) in [7, 11) is 1.66. The second-order valence-electron chi connectivity index (χ2n) is 5.27. The normalized spacial score (nSPS) is 17.7. The molecule has 0 saturated carbocycles. The van der Waals surface area contributed by atoms with Crippen LogP contribution in [0.25, 0.3) is 0 Å². The smallest absolute Gasteiger partial charge is 0.222 e. The summed E-state index contributed by atoms with van der Waals surface area (Å²) in [6.45, 7) is 3.99. The van der Waals surface area contributed by atoms with Crippen LogP contribution in [0.5, 0.6) is 11.5 Å². The molecule has 0 aromatic heterocycles. The van der Waals surface area contributed by atoms with Crippen LogP contribution in [0.2, 0.25) is 0 Å². The van der Waals surface area contributed by atoms with Crippen LogP contribution in [-0.2, 0) is 4.79 Å². The zero-order chi connectivity index (χ0) is 14.8. The van der Waals surface area contributed by atoms with Crippen molar-refractivity contribution in [3.05, 3.63) is 16.6 Å². The summed E-state index contributed by atoms with van der Waals surface area (Å²) in [5.41, 5.74) is 1.04. The van der Waals surface area contributed by atoms with Gasteiger partial charge >= 0.3 is 0 Å². The largest absolute Gasteiger partial charge is 0.495 e. The molecule has 1 fully saturated rings. The van der Waals surface area contributed by atoms with E-state index in [0.29, 0.717) is 13.0 Å². The first-order chi connectivity index (χ1) is 10.2. The molecular weight excluding hydrogens is 336 g/mol. The number of nitrogens with zero attached hydrogens (tertiary/aromatic N) is 2. The molecule has 0 N–H and O–H groups in total. The number of likely N-dealkylation sites (tertiary alicyclic amines) is 1. The van der Waals surface area contributed by atoms with E-state index in [0.717, 1.165) is 54.3 Å². The number of benzene rings is 1. The number of fused-ring (bicyclic) bond motifs is 1. The zero-order valence-electron chi connectivity index (χ0n) is 12.1. The minimum absolute atomic E-state index is 0.275. The Balaban J connectivity index is 1.75. The number of hydrogen-bond donors (Lipinski definition) is 0. The van der Waals surface area contributed by atoms with Gasteiger partial charge in [0.05, 0.1) is 23.8 Å². The third kappa shape index (κ3) is 2.95. The Morgan fingerprint density at radius 1 is 1.29 bits per heavy atom. The third-order valence-electron chi connectivity index (χ3n) is 4.00. The van der Waals surface area contributed by atoms with Crippen LogP contribution in [0.4, 0.5) is 5.69 Å². The molecular formula is C15H19BrN2O3. The van der Waals surface area contributed by atoms with E-state index >= 15 is 0 Å². The van der Waals surface area contributed by atoms with Gasteiger partial charge in [0.15, 0.2) is 0 Å². The Bertz CT molecular complexity index is 550. The summed E-state index contributed by atoms with van der Waals surface area (Å²) in [5, 5.41) is 0. The highest BCUT2D eigenvalue weighted by molar-refractivity contribution is 9.10. The lowest BCUT2D eigenvalue weighted by atomic mass is 10.2. The minimum atomic E-state index is 0.275. The second kappa shape index (κ2) is 6.13. The Morgan fingerprint density at radius 3 is 2.81 bits per heavy atom. The van der Waals surface area contributed by atoms with Crippen LogP contribution in [0.15, 0.2) is 16.6 Å². The molecule has 1 aromatic rings. The van der Waals surface area contributed by atoms with Crippen LogP contribution in [0, 0.1) is 0 Å². The highest BCUT2D eigenvalue weighted by atomic mass is 79.9. The van der Waals surface area contributed by atoms with Crippen molar-refractivity contribution in [1.29, 1.82) is 0 Å². The number of amides is 1. The lowest BCUT2D eigenvalue weighted by Gasteiger charge is -2.33. The molecule has 0 aliphatic carbocycles. The maximum absolute atomic E-state index is 11.7.